The van der Waals surface area contributed by atoms with E-state index in [0.717, 1.165) is 5.56 Å². The van der Waals surface area contributed by atoms with Crippen molar-refractivity contribution >= 4 is 23.2 Å². The number of nitrogens with one attached hydrogen (secondary N) is 1. The Morgan fingerprint density at radius 2 is 2.03 bits per heavy atom. The summed E-state index contributed by atoms with van der Waals surface area (Å²) in [5.74, 6) is -0.0985. The normalized spacial score (nSPS) is 10.8. The molecule has 30 heavy (non-hydrogen) atoms. The van der Waals surface area contributed by atoms with Crippen molar-refractivity contribution in [2.45, 2.75) is 13.5 Å². The number of hydrogen-bond donors (Lipinski definition) is 1. The van der Waals surface area contributed by atoms with Crippen molar-refractivity contribution in [2.24, 2.45) is 0 Å². The number of hydrogen-bond acceptors (Lipinski definition) is 7. The molecule has 2 aromatic heterocycles. The first-order valence-corrected chi connectivity index (χ1v) is 9.34. The molecular weight excluding hydrogens is 408 g/mol. The minimum atomic E-state index is -0.568. The minimum Gasteiger partial charge on any atom is -0.495 e. The number of anilines is 1. The third-order valence-corrected chi connectivity index (χ3v) is 4.56. The van der Waals surface area contributed by atoms with Crippen LogP contribution >= 0.6 is 11.6 Å². The second-order valence-electron chi connectivity index (χ2n) is 6.51. The molecule has 0 saturated carbocycles. The molecule has 152 valence electrons. The van der Waals surface area contributed by atoms with E-state index < -0.39 is 5.91 Å². The number of carbonyl (C=O) groups is 1. The lowest BCUT2D eigenvalue weighted by molar-refractivity contribution is 0.0981. The summed E-state index contributed by atoms with van der Waals surface area (Å²) >= 11 is 6.07. The fourth-order valence-corrected chi connectivity index (χ4v) is 2.96. The van der Waals surface area contributed by atoms with Crippen LogP contribution in [0.3, 0.4) is 0 Å². The average molecular weight is 425 g/mol. The first-order valence-electron chi connectivity index (χ1n) is 8.96. The maximum atomic E-state index is 12.4. The molecule has 10 heteroatoms. The first-order chi connectivity index (χ1) is 14.5. The third kappa shape index (κ3) is 4.31. The Morgan fingerprint density at radius 1 is 1.23 bits per heavy atom. The van der Waals surface area contributed by atoms with Gasteiger partial charge in [0.05, 0.1) is 24.9 Å². The number of ether oxygens (including phenoxy) is 1. The molecule has 0 bridgehead atoms. The fraction of sp³-hybridized carbons (Fsp3) is 0.150. The zero-order chi connectivity index (χ0) is 21.1. The highest BCUT2D eigenvalue weighted by Gasteiger charge is 2.18. The Kier molecular flexibility index (Phi) is 5.44. The summed E-state index contributed by atoms with van der Waals surface area (Å²) in [6.07, 6.45) is 1.69. The van der Waals surface area contributed by atoms with Crippen LogP contribution in [-0.4, -0.2) is 38.2 Å². The average Bonchev–Trinajstić information content (AvgIpc) is 3.39. The second kappa shape index (κ2) is 8.34. The van der Waals surface area contributed by atoms with E-state index in [-0.39, 0.29) is 11.7 Å². The van der Waals surface area contributed by atoms with Crippen molar-refractivity contribution in [1.29, 1.82) is 0 Å². The van der Waals surface area contributed by atoms with E-state index in [4.69, 9.17) is 20.9 Å². The molecule has 4 rings (SSSR count). The summed E-state index contributed by atoms with van der Waals surface area (Å²) in [6.45, 7) is 2.58. The lowest BCUT2D eigenvalue weighted by Gasteiger charge is -2.06. The van der Waals surface area contributed by atoms with Crippen LogP contribution in [0.25, 0.3) is 11.5 Å². The fourth-order valence-electron chi connectivity index (χ4n) is 2.71. The Bertz CT molecular complexity index is 1190. The van der Waals surface area contributed by atoms with Crippen molar-refractivity contribution in [2.75, 3.05) is 12.4 Å². The molecule has 0 aliphatic carbocycles. The number of aromatic nitrogens is 5. The number of methoxy groups -OCH3 is 1. The molecule has 0 saturated heterocycles. The molecule has 0 atom stereocenters. The van der Waals surface area contributed by atoms with Crippen molar-refractivity contribution < 1.29 is 14.1 Å². The van der Waals surface area contributed by atoms with Gasteiger partial charge < -0.3 is 14.6 Å². The smallest absolute Gasteiger partial charge is 0.316 e. The van der Waals surface area contributed by atoms with Crippen molar-refractivity contribution in [1.82, 2.24) is 25.1 Å². The lowest BCUT2D eigenvalue weighted by atomic mass is 10.1. The predicted molar refractivity (Wildman–Crippen MR) is 110 cm³/mol. The highest BCUT2D eigenvalue weighted by atomic mass is 35.5. The van der Waals surface area contributed by atoms with Crippen LogP contribution in [-0.2, 0) is 6.54 Å². The summed E-state index contributed by atoms with van der Waals surface area (Å²) in [5.41, 5.74) is 3.14. The van der Waals surface area contributed by atoms with Gasteiger partial charge in [0.1, 0.15) is 5.75 Å². The summed E-state index contributed by atoms with van der Waals surface area (Å²) in [5, 5.41) is 15.0. The molecule has 0 aliphatic heterocycles. The molecule has 2 heterocycles. The molecule has 0 spiro atoms. The van der Waals surface area contributed by atoms with Gasteiger partial charge in [0.15, 0.2) is 5.69 Å². The summed E-state index contributed by atoms with van der Waals surface area (Å²) in [7, 11) is 1.51. The molecule has 1 N–H and O–H groups in total. The topological polar surface area (TPSA) is 108 Å². The number of amides is 1. The van der Waals surface area contributed by atoms with Gasteiger partial charge in [0, 0.05) is 5.69 Å². The van der Waals surface area contributed by atoms with Gasteiger partial charge >= 0.3 is 11.8 Å². The van der Waals surface area contributed by atoms with Gasteiger partial charge in [-0.25, -0.2) is 4.68 Å². The zero-order valence-electron chi connectivity index (χ0n) is 16.2. The van der Waals surface area contributed by atoms with E-state index in [9.17, 15) is 4.79 Å². The molecule has 2 aromatic carbocycles. The Morgan fingerprint density at radius 3 is 2.77 bits per heavy atom. The van der Waals surface area contributed by atoms with Crippen LogP contribution in [0.1, 0.15) is 21.8 Å². The van der Waals surface area contributed by atoms with E-state index in [1.54, 1.807) is 29.1 Å². The van der Waals surface area contributed by atoms with Gasteiger partial charge in [-0.1, -0.05) is 51.8 Å². The van der Waals surface area contributed by atoms with Crippen LogP contribution in [0.2, 0.25) is 5.02 Å². The monoisotopic (exact) mass is 424 g/mol. The molecule has 0 fully saturated rings. The molecule has 0 aliphatic rings. The van der Waals surface area contributed by atoms with Crippen LogP contribution in [0.5, 0.6) is 5.75 Å². The van der Waals surface area contributed by atoms with E-state index in [1.807, 2.05) is 31.2 Å². The molecule has 9 nitrogen and oxygen atoms in total. The Balaban J connectivity index is 1.44. The van der Waals surface area contributed by atoms with E-state index in [2.05, 4.69) is 25.8 Å². The van der Waals surface area contributed by atoms with Gasteiger partial charge in [-0.15, -0.1) is 5.10 Å². The Labute approximate surface area is 176 Å². The quantitative estimate of drug-likeness (QED) is 0.503. The van der Waals surface area contributed by atoms with Gasteiger partial charge in [-0.2, -0.15) is 4.98 Å². The van der Waals surface area contributed by atoms with Gasteiger partial charge in [0.25, 0.3) is 0 Å². The summed E-state index contributed by atoms with van der Waals surface area (Å²) < 4.78 is 11.8. The number of nitrogens with zero attached hydrogens (tertiary/aromatic N) is 5. The summed E-state index contributed by atoms with van der Waals surface area (Å²) in [4.78, 5) is 16.5. The minimum absolute atomic E-state index is 0.170. The number of aryl methyl sites for hydroxylation is 1. The van der Waals surface area contributed by atoms with E-state index in [1.165, 1.54) is 12.7 Å². The van der Waals surface area contributed by atoms with Crippen molar-refractivity contribution in [3.63, 3.8) is 0 Å². The van der Waals surface area contributed by atoms with E-state index >= 15 is 0 Å². The molecule has 0 radical (unpaired) electrons. The van der Waals surface area contributed by atoms with Gasteiger partial charge in [0.2, 0.25) is 5.82 Å². The van der Waals surface area contributed by atoms with Crippen molar-refractivity contribution in [3.05, 3.63) is 70.7 Å². The summed E-state index contributed by atoms with van der Waals surface area (Å²) in [6, 6.07) is 13.0. The van der Waals surface area contributed by atoms with Crippen LogP contribution in [0, 0.1) is 6.92 Å². The second-order valence-corrected chi connectivity index (χ2v) is 6.92. The van der Waals surface area contributed by atoms with Crippen molar-refractivity contribution in [3.8, 4) is 17.3 Å². The number of benzene rings is 2. The molecule has 0 unspecified atom stereocenters. The highest BCUT2D eigenvalue weighted by Crippen LogP contribution is 2.27. The number of rotatable bonds is 6. The predicted octanol–water partition coefficient (Wildman–Crippen LogP) is 3.60. The SMILES string of the molecule is COc1ccc(NC(=O)c2nc(-c3cn(Cc4ccc(C)cc4)nn3)no2)cc1Cl. The first kappa shape index (κ1) is 19.6. The van der Waals surface area contributed by atoms with Crippen LogP contribution in [0.4, 0.5) is 5.69 Å². The zero-order valence-corrected chi connectivity index (χ0v) is 16.9. The van der Waals surface area contributed by atoms with Crippen LogP contribution in [0.15, 0.2) is 53.2 Å². The number of halogens is 1. The highest BCUT2D eigenvalue weighted by molar-refractivity contribution is 6.32. The van der Waals surface area contributed by atoms with Gasteiger partial charge in [-0.3, -0.25) is 4.79 Å². The van der Waals surface area contributed by atoms with Gasteiger partial charge in [-0.05, 0) is 30.7 Å². The maximum absolute atomic E-state index is 12.4. The lowest BCUT2D eigenvalue weighted by Crippen LogP contribution is -2.12. The molecular formula is C20H17ClN6O3. The standard InChI is InChI=1S/C20H17ClN6O3/c1-12-3-5-13(6-4-12)10-27-11-16(24-26-27)18-23-20(30-25-18)19(28)22-14-7-8-17(29-2)15(21)9-14/h3-9,11H,10H2,1-2H3,(H,22,28). The Hall–Kier alpha value is -3.72. The molecule has 4 aromatic rings. The van der Waals surface area contributed by atoms with Crippen LogP contribution < -0.4 is 10.1 Å². The third-order valence-electron chi connectivity index (χ3n) is 4.26. The maximum Gasteiger partial charge on any atom is 0.316 e. The largest absolute Gasteiger partial charge is 0.495 e. The number of carbonyl (C=O) groups excluding carboxylic acids is 1. The van der Waals surface area contributed by atoms with E-state index in [0.29, 0.717) is 28.7 Å². The molecule has 1 amide bonds.